The van der Waals surface area contributed by atoms with Gasteiger partial charge in [-0.2, -0.15) is 0 Å². The second-order valence-corrected chi connectivity index (χ2v) is 5.47. The van der Waals surface area contributed by atoms with E-state index >= 15 is 0 Å². The molecule has 0 radical (unpaired) electrons. The quantitative estimate of drug-likeness (QED) is 0.878. The number of nitrogens with two attached hydrogens (primary N) is 1. The Labute approximate surface area is 117 Å². The third-order valence-electron chi connectivity index (χ3n) is 4.11. The monoisotopic (exact) mass is 258 g/mol. The van der Waals surface area contributed by atoms with Gasteiger partial charge in [-0.3, -0.25) is 4.90 Å². The molecule has 0 unspecified atom stereocenters. The van der Waals surface area contributed by atoms with Crippen molar-refractivity contribution < 1.29 is 0 Å². The third kappa shape index (κ3) is 4.48. The Morgan fingerprint density at radius 1 is 1.16 bits per heavy atom. The lowest BCUT2D eigenvalue weighted by Crippen LogP contribution is -2.40. The minimum Gasteiger partial charge on any atom is -0.328 e. The second kappa shape index (κ2) is 7.46. The predicted octanol–water partition coefficient (Wildman–Crippen LogP) is 3.29. The van der Waals surface area contributed by atoms with Gasteiger partial charge in [-0.15, -0.1) is 0 Å². The van der Waals surface area contributed by atoms with Crippen LogP contribution in [0.1, 0.15) is 38.2 Å². The van der Waals surface area contributed by atoms with E-state index in [1.165, 1.54) is 31.2 Å². The van der Waals surface area contributed by atoms with Gasteiger partial charge in [0.1, 0.15) is 0 Å². The first-order valence-electron chi connectivity index (χ1n) is 7.51. The highest BCUT2D eigenvalue weighted by Crippen LogP contribution is 2.21. The highest BCUT2D eigenvalue weighted by molar-refractivity contribution is 5.48. The van der Waals surface area contributed by atoms with Gasteiger partial charge in [-0.25, -0.2) is 0 Å². The van der Waals surface area contributed by atoms with Crippen LogP contribution in [0.15, 0.2) is 36.4 Å². The van der Waals surface area contributed by atoms with Crippen LogP contribution < -0.4 is 5.73 Å². The smallest absolute Gasteiger partial charge is 0.0169 e. The Kier molecular flexibility index (Phi) is 5.62. The van der Waals surface area contributed by atoms with E-state index in [0.29, 0.717) is 6.04 Å². The van der Waals surface area contributed by atoms with Crippen molar-refractivity contribution in [2.45, 2.75) is 44.7 Å². The highest BCUT2D eigenvalue weighted by Gasteiger charge is 2.22. The summed E-state index contributed by atoms with van der Waals surface area (Å²) in [5, 5.41) is 0. The van der Waals surface area contributed by atoms with E-state index in [4.69, 9.17) is 5.73 Å². The molecule has 0 aromatic heterocycles. The topological polar surface area (TPSA) is 29.3 Å². The molecule has 2 rings (SSSR count). The molecule has 19 heavy (non-hydrogen) atoms. The molecule has 1 aliphatic carbocycles. The molecule has 1 fully saturated rings. The molecule has 0 amide bonds. The Morgan fingerprint density at radius 3 is 2.47 bits per heavy atom. The summed E-state index contributed by atoms with van der Waals surface area (Å²) >= 11 is 0. The van der Waals surface area contributed by atoms with E-state index in [0.717, 1.165) is 19.1 Å². The van der Waals surface area contributed by atoms with Crippen LogP contribution in [-0.4, -0.2) is 30.1 Å². The fourth-order valence-electron chi connectivity index (χ4n) is 2.89. The van der Waals surface area contributed by atoms with Gasteiger partial charge in [-0.1, -0.05) is 49.4 Å². The van der Waals surface area contributed by atoms with Crippen molar-refractivity contribution >= 4 is 6.08 Å². The molecule has 2 nitrogen and oxygen atoms in total. The van der Waals surface area contributed by atoms with Crippen LogP contribution in [0.4, 0.5) is 0 Å². The van der Waals surface area contributed by atoms with Gasteiger partial charge in [-0.05, 0) is 37.8 Å². The molecule has 1 saturated carbocycles. The lowest BCUT2D eigenvalue weighted by Gasteiger charge is -2.34. The zero-order chi connectivity index (χ0) is 13.5. The van der Waals surface area contributed by atoms with Gasteiger partial charge in [0.25, 0.3) is 0 Å². The number of hydrogen-bond acceptors (Lipinski definition) is 2. The number of benzene rings is 1. The first kappa shape index (κ1) is 14.3. The summed E-state index contributed by atoms with van der Waals surface area (Å²) in [5.74, 6) is 0. The molecule has 0 bridgehead atoms. The van der Waals surface area contributed by atoms with Gasteiger partial charge in [0.2, 0.25) is 0 Å². The predicted molar refractivity (Wildman–Crippen MR) is 83.0 cm³/mol. The minimum absolute atomic E-state index is 0.440. The molecule has 1 aromatic rings. The number of likely N-dealkylation sites (N-methyl/N-ethyl adjacent to an activating group) is 1. The van der Waals surface area contributed by atoms with Crippen molar-refractivity contribution in [1.82, 2.24) is 4.90 Å². The maximum absolute atomic E-state index is 5.98. The van der Waals surface area contributed by atoms with Gasteiger partial charge >= 0.3 is 0 Å². The first-order valence-corrected chi connectivity index (χ1v) is 7.51. The summed E-state index contributed by atoms with van der Waals surface area (Å²) < 4.78 is 0. The number of nitrogens with zero attached hydrogens (tertiary/aromatic N) is 1. The molecule has 0 spiro atoms. The summed E-state index contributed by atoms with van der Waals surface area (Å²) in [6, 6.07) is 11.7. The second-order valence-electron chi connectivity index (χ2n) is 5.47. The lowest BCUT2D eigenvalue weighted by atomic mass is 9.91. The Balaban J connectivity index is 1.84. The average molecular weight is 258 g/mol. The standard InChI is InChI=1S/C17H26N2/c1-2-19(17-12-10-16(18)11-13-17)14-6-9-15-7-4-3-5-8-15/h3-9,16-17H,2,10-14,18H2,1H3. The number of rotatable bonds is 5. The minimum atomic E-state index is 0.440. The van der Waals surface area contributed by atoms with Crippen LogP contribution in [-0.2, 0) is 0 Å². The first-order chi connectivity index (χ1) is 9.29. The molecule has 0 heterocycles. The van der Waals surface area contributed by atoms with Crippen LogP contribution in [0.25, 0.3) is 6.08 Å². The van der Waals surface area contributed by atoms with E-state index in [1.54, 1.807) is 0 Å². The zero-order valence-corrected chi connectivity index (χ0v) is 12.0. The summed E-state index contributed by atoms with van der Waals surface area (Å²) in [5.41, 5.74) is 7.26. The normalized spacial score (nSPS) is 24.2. The maximum Gasteiger partial charge on any atom is 0.0169 e. The van der Waals surface area contributed by atoms with Crippen LogP contribution >= 0.6 is 0 Å². The van der Waals surface area contributed by atoms with Crippen molar-refractivity contribution in [3.05, 3.63) is 42.0 Å². The summed E-state index contributed by atoms with van der Waals surface area (Å²) in [6.07, 6.45) is 9.39. The zero-order valence-electron chi connectivity index (χ0n) is 12.0. The molecule has 0 atom stereocenters. The van der Waals surface area contributed by atoms with E-state index in [9.17, 15) is 0 Å². The Bertz CT molecular complexity index is 378. The summed E-state index contributed by atoms with van der Waals surface area (Å²) in [4.78, 5) is 2.57. The largest absolute Gasteiger partial charge is 0.328 e. The molecular formula is C17H26N2. The molecular weight excluding hydrogens is 232 g/mol. The molecule has 2 N–H and O–H groups in total. The van der Waals surface area contributed by atoms with Gasteiger partial charge in [0.15, 0.2) is 0 Å². The number of hydrogen-bond donors (Lipinski definition) is 1. The Morgan fingerprint density at radius 2 is 1.84 bits per heavy atom. The van der Waals surface area contributed by atoms with E-state index in [1.807, 2.05) is 0 Å². The average Bonchev–Trinajstić information content (AvgIpc) is 2.46. The molecule has 0 saturated heterocycles. The van der Waals surface area contributed by atoms with Gasteiger partial charge in [0.05, 0.1) is 0 Å². The van der Waals surface area contributed by atoms with Crippen LogP contribution in [0.2, 0.25) is 0 Å². The van der Waals surface area contributed by atoms with E-state index < -0.39 is 0 Å². The SMILES string of the molecule is CCN(CC=Cc1ccccc1)C1CCC(N)CC1. The van der Waals surface area contributed by atoms with Crippen LogP contribution in [0, 0.1) is 0 Å². The van der Waals surface area contributed by atoms with Gasteiger partial charge in [0, 0.05) is 18.6 Å². The van der Waals surface area contributed by atoms with Gasteiger partial charge < -0.3 is 5.73 Å². The molecule has 1 aliphatic rings. The van der Waals surface area contributed by atoms with Crippen LogP contribution in [0.5, 0.6) is 0 Å². The fourth-order valence-corrected chi connectivity index (χ4v) is 2.89. The lowest BCUT2D eigenvalue weighted by molar-refractivity contribution is 0.173. The summed E-state index contributed by atoms with van der Waals surface area (Å²) in [7, 11) is 0. The van der Waals surface area contributed by atoms with Crippen molar-refractivity contribution in [3.8, 4) is 0 Å². The third-order valence-corrected chi connectivity index (χ3v) is 4.11. The van der Waals surface area contributed by atoms with Crippen molar-refractivity contribution in [2.75, 3.05) is 13.1 Å². The molecule has 2 heteroatoms. The fraction of sp³-hybridized carbons (Fsp3) is 0.529. The van der Waals surface area contributed by atoms with Crippen molar-refractivity contribution in [3.63, 3.8) is 0 Å². The molecule has 1 aromatic carbocycles. The van der Waals surface area contributed by atoms with Crippen molar-refractivity contribution in [1.29, 1.82) is 0 Å². The highest BCUT2D eigenvalue weighted by atomic mass is 15.1. The maximum atomic E-state index is 5.98. The van der Waals surface area contributed by atoms with E-state index in [-0.39, 0.29) is 0 Å². The summed E-state index contributed by atoms with van der Waals surface area (Å²) in [6.45, 7) is 4.43. The Hall–Kier alpha value is -1.12. The van der Waals surface area contributed by atoms with Crippen LogP contribution in [0.3, 0.4) is 0 Å². The molecule has 104 valence electrons. The van der Waals surface area contributed by atoms with E-state index in [2.05, 4.69) is 54.3 Å². The molecule has 0 aliphatic heterocycles. The van der Waals surface area contributed by atoms with Crippen molar-refractivity contribution in [2.24, 2.45) is 5.73 Å².